The number of aryl methyl sites for hydroxylation is 2. The van der Waals surface area contributed by atoms with E-state index in [9.17, 15) is 4.79 Å². The maximum atomic E-state index is 12.5. The highest BCUT2D eigenvalue weighted by molar-refractivity contribution is 7.13. The number of nitrogens with one attached hydrogen (secondary N) is 1. The second-order valence-electron chi connectivity index (χ2n) is 5.17. The molecular formula is C15H18N2O2S2. The van der Waals surface area contributed by atoms with E-state index in [1.54, 1.807) is 18.4 Å². The molecule has 0 saturated heterocycles. The van der Waals surface area contributed by atoms with E-state index in [4.69, 9.17) is 4.74 Å². The van der Waals surface area contributed by atoms with Gasteiger partial charge < -0.3 is 10.1 Å². The Bertz CT molecular complexity index is 648. The van der Waals surface area contributed by atoms with Crippen molar-refractivity contribution < 1.29 is 9.53 Å². The lowest BCUT2D eigenvalue weighted by atomic mass is 9.94. The van der Waals surface area contributed by atoms with E-state index >= 15 is 0 Å². The quantitative estimate of drug-likeness (QED) is 0.938. The molecule has 1 atom stereocenters. The number of nitrogens with zero attached hydrogens (tertiary/aromatic N) is 1. The van der Waals surface area contributed by atoms with Crippen LogP contribution in [0.3, 0.4) is 0 Å². The van der Waals surface area contributed by atoms with Crippen LogP contribution in [0.4, 0.5) is 0 Å². The Morgan fingerprint density at radius 1 is 1.57 bits per heavy atom. The van der Waals surface area contributed by atoms with E-state index in [1.807, 2.05) is 6.92 Å². The van der Waals surface area contributed by atoms with Gasteiger partial charge in [0.25, 0.3) is 5.91 Å². The van der Waals surface area contributed by atoms with Crippen LogP contribution in [0.25, 0.3) is 0 Å². The highest BCUT2D eigenvalue weighted by Crippen LogP contribution is 2.33. The number of ether oxygens (including phenoxy) is 1. The van der Waals surface area contributed by atoms with Crippen LogP contribution >= 0.6 is 22.7 Å². The minimum Gasteiger partial charge on any atom is -0.378 e. The molecule has 0 aromatic carbocycles. The fourth-order valence-electron chi connectivity index (χ4n) is 2.71. The Morgan fingerprint density at radius 2 is 2.43 bits per heavy atom. The van der Waals surface area contributed by atoms with Crippen molar-refractivity contribution in [1.29, 1.82) is 0 Å². The monoisotopic (exact) mass is 322 g/mol. The Kier molecular flexibility index (Phi) is 4.37. The van der Waals surface area contributed by atoms with Crippen molar-refractivity contribution >= 4 is 28.6 Å². The third-order valence-corrected chi connectivity index (χ3v) is 5.80. The van der Waals surface area contributed by atoms with Crippen molar-refractivity contribution in [2.75, 3.05) is 7.11 Å². The number of thiophene rings is 1. The Hall–Kier alpha value is -1.24. The van der Waals surface area contributed by atoms with Gasteiger partial charge in [0.2, 0.25) is 0 Å². The molecule has 21 heavy (non-hydrogen) atoms. The Labute approximate surface area is 132 Å². The molecule has 3 rings (SSSR count). The number of hydrogen-bond acceptors (Lipinski definition) is 5. The molecule has 2 aromatic heterocycles. The average Bonchev–Trinajstić information content (AvgIpc) is 3.06. The molecule has 1 N–H and O–H groups in total. The van der Waals surface area contributed by atoms with Gasteiger partial charge in [0, 0.05) is 12.0 Å². The smallest absolute Gasteiger partial charge is 0.263 e. The van der Waals surface area contributed by atoms with Gasteiger partial charge in [-0.1, -0.05) is 0 Å². The summed E-state index contributed by atoms with van der Waals surface area (Å²) in [5.41, 5.74) is 2.07. The molecule has 1 aliphatic carbocycles. The number of fused-ring (bicyclic) bond motifs is 1. The number of methoxy groups -OCH3 is 1. The molecule has 112 valence electrons. The van der Waals surface area contributed by atoms with Crippen molar-refractivity contribution in [2.45, 2.75) is 38.8 Å². The molecule has 0 saturated carbocycles. The minimum absolute atomic E-state index is 0.0172. The Morgan fingerprint density at radius 3 is 3.24 bits per heavy atom. The zero-order valence-corrected chi connectivity index (χ0v) is 13.8. The second-order valence-corrected chi connectivity index (χ2v) is 7.26. The summed E-state index contributed by atoms with van der Waals surface area (Å²) in [6, 6.07) is 2.28. The third kappa shape index (κ3) is 3.02. The zero-order chi connectivity index (χ0) is 14.8. The molecule has 2 aromatic rings. The van der Waals surface area contributed by atoms with Crippen molar-refractivity contribution in [3.8, 4) is 0 Å². The number of carbonyl (C=O) groups excluding carboxylic acids is 1. The first kappa shape index (κ1) is 14.7. The van der Waals surface area contributed by atoms with Crippen molar-refractivity contribution in [3.05, 3.63) is 37.5 Å². The van der Waals surface area contributed by atoms with Gasteiger partial charge in [-0.2, -0.15) is 0 Å². The zero-order valence-electron chi connectivity index (χ0n) is 12.1. The van der Waals surface area contributed by atoms with Gasteiger partial charge in [-0.15, -0.1) is 22.7 Å². The van der Waals surface area contributed by atoms with Crippen molar-refractivity contribution in [3.63, 3.8) is 0 Å². The van der Waals surface area contributed by atoms with Crippen LogP contribution in [0, 0.1) is 6.92 Å². The van der Waals surface area contributed by atoms with E-state index in [1.165, 1.54) is 21.8 Å². The normalized spacial score (nSPS) is 17.5. The fraction of sp³-hybridized carbons (Fsp3) is 0.467. The maximum absolute atomic E-state index is 12.5. The lowest BCUT2D eigenvalue weighted by molar-refractivity contribution is 0.0936. The van der Waals surface area contributed by atoms with E-state index in [2.05, 4.69) is 21.7 Å². The molecule has 4 nitrogen and oxygen atoms in total. The van der Waals surface area contributed by atoms with Crippen LogP contribution in [-0.4, -0.2) is 18.0 Å². The number of carbonyl (C=O) groups is 1. The van der Waals surface area contributed by atoms with E-state index in [0.29, 0.717) is 11.5 Å². The third-order valence-electron chi connectivity index (χ3n) is 3.67. The molecule has 2 heterocycles. The Balaban J connectivity index is 1.76. The maximum Gasteiger partial charge on any atom is 0.263 e. The number of thiazole rings is 1. The van der Waals surface area contributed by atoms with Gasteiger partial charge in [-0.05, 0) is 43.2 Å². The van der Waals surface area contributed by atoms with Crippen LogP contribution in [0.15, 0.2) is 11.4 Å². The number of rotatable bonds is 4. The number of hydrogen-bond donors (Lipinski definition) is 1. The van der Waals surface area contributed by atoms with Crippen LogP contribution in [0.1, 0.15) is 49.7 Å². The first-order valence-electron chi connectivity index (χ1n) is 7.01. The highest BCUT2D eigenvalue weighted by atomic mass is 32.1. The number of aromatic nitrogens is 1. The molecule has 0 aliphatic heterocycles. The summed E-state index contributed by atoms with van der Waals surface area (Å²) >= 11 is 3.21. The molecule has 1 unspecified atom stereocenters. The van der Waals surface area contributed by atoms with Crippen LogP contribution in [-0.2, 0) is 17.8 Å². The largest absolute Gasteiger partial charge is 0.378 e. The predicted molar refractivity (Wildman–Crippen MR) is 85.0 cm³/mol. The second kappa shape index (κ2) is 6.25. The molecular weight excluding hydrogens is 304 g/mol. The molecule has 1 aliphatic rings. The van der Waals surface area contributed by atoms with Crippen LogP contribution in [0.5, 0.6) is 0 Å². The molecule has 0 spiro atoms. The van der Waals surface area contributed by atoms with Gasteiger partial charge in [-0.3, -0.25) is 4.79 Å². The van der Waals surface area contributed by atoms with Crippen LogP contribution in [0.2, 0.25) is 0 Å². The van der Waals surface area contributed by atoms with E-state index in [0.717, 1.165) is 30.0 Å². The van der Waals surface area contributed by atoms with E-state index in [-0.39, 0.29) is 11.9 Å². The fourth-order valence-corrected chi connectivity index (χ4v) is 4.64. The SMILES string of the molecule is COCc1nc(C)c(C(=O)NC2CCCc3sccc32)s1. The standard InChI is InChI=1S/C15H18N2O2S2/c1-9-14(21-13(16-9)8-19-2)15(18)17-11-4-3-5-12-10(11)6-7-20-12/h6-7,11H,3-5,8H2,1-2H3,(H,17,18). The van der Waals surface area contributed by atoms with Gasteiger partial charge in [0.05, 0.1) is 18.3 Å². The topological polar surface area (TPSA) is 51.2 Å². The first-order chi connectivity index (χ1) is 10.2. The average molecular weight is 322 g/mol. The van der Waals surface area contributed by atoms with Crippen molar-refractivity contribution in [2.24, 2.45) is 0 Å². The molecule has 0 bridgehead atoms. The lowest BCUT2D eigenvalue weighted by Gasteiger charge is -2.23. The predicted octanol–water partition coefficient (Wildman–Crippen LogP) is 3.47. The molecule has 6 heteroatoms. The number of amides is 1. The van der Waals surface area contributed by atoms with Gasteiger partial charge >= 0.3 is 0 Å². The van der Waals surface area contributed by atoms with E-state index < -0.39 is 0 Å². The minimum atomic E-state index is -0.0172. The summed E-state index contributed by atoms with van der Waals surface area (Å²) < 4.78 is 5.08. The summed E-state index contributed by atoms with van der Waals surface area (Å²) in [6.45, 7) is 2.33. The molecule has 1 amide bonds. The summed E-state index contributed by atoms with van der Waals surface area (Å²) in [5.74, 6) is -0.0172. The lowest BCUT2D eigenvalue weighted by Crippen LogP contribution is -2.30. The van der Waals surface area contributed by atoms with Crippen molar-refractivity contribution in [1.82, 2.24) is 10.3 Å². The molecule has 0 radical (unpaired) electrons. The van der Waals surface area contributed by atoms with Crippen LogP contribution < -0.4 is 5.32 Å². The van der Waals surface area contributed by atoms with Gasteiger partial charge in [0.15, 0.2) is 0 Å². The molecule has 0 fully saturated rings. The summed E-state index contributed by atoms with van der Waals surface area (Å²) in [4.78, 5) is 19.0. The summed E-state index contributed by atoms with van der Waals surface area (Å²) in [5, 5.41) is 6.13. The highest BCUT2D eigenvalue weighted by Gasteiger charge is 2.24. The van der Waals surface area contributed by atoms with Gasteiger partial charge in [-0.25, -0.2) is 4.98 Å². The summed E-state index contributed by atoms with van der Waals surface area (Å²) in [6.07, 6.45) is 3.28. The summed E-state index contributed by atoms with van der Waals surface area (Å²) in [7, 11) is 1.64. The van der Waals surface area contributed by atoms with Gasteiger partial charge in [0.1, 0.15) is 9.88 Å². The first-order valence-corrected chi connectivity index (χ1v) is 8.71.